The zero-order valence-electron chi connectivity index (χ0n) is 18.0. The number of methoxy groups -OCH3 is 1. The van der Waals surface area contributed by atoms with Crippen molar-refractivity contribution in [2.75, 3.05) is 12.0 Å². The molecule has 12 heteroatoms. The van der Waals surface area contributed by atoms with E-state index < -0.39 is 29.8 Å². The summed E-state index contributed by atoms with van der Waals surface area (Å²) in [7, 11) is 1.49. The van der Waals surface area contributed by atoms with Gasteiger partial charge in [-0.3, -0.25) is 19.3 Å². The van der Waals surface area contributed by atoms with Gasteiger partial charge >= 0.3 is 0 Å². The van der Waals surface area contributed by atoms with Crippen LogP contribution < -0.4 is 9.64 Å². The van der Waals surface area contributed by atoms with Crippen LogP contribution in [0.15, 0.2) is 46.9 Å². The number of carbonyl (C=O) groups is 3. The van der Waals surface area contributed by atoms with E-state index in [-0.39, 0.29) is 31.2 Å². The van der Waals surface area contributed by atoms with Crippen LogP contribution in [0.4, 0.5) is 5.69 Å². The van der Waals surface area contributed by atoms with Gasteiger partial charge in [0.25, 0.3) is 17.7 Å². The van der Waals surface area contributed by atoms with Crippen LogP contribution in [0.2, 0.25) is 25.1 Å². The van der Waals surface area contributed by atoms with Gasteiger partial charge in [0.15, 0.2) is 0 Å². The number of β-lactam (4-membered cyclic amide) rings is 1. The van der Waals surface area contributed by atoms with Crippen molar-refractivity contribution in [2.24, 2.45) is 0 Å². The van der Waals surface area contributed by atoms with Crippen LogP contribution in [0, 0.1) is 0 Å². The summed E-state index contributed by atoms with van der Waals surface area (Å²) in [4.78, 5) is 43.0. The van der Waals surface area contributed by atoms with Crippen LogP contribution in [-0.4, -0.2) is 35.8 Å². The Kier molecular flexibility index (Phi) is 6.69. The standard InChI is InChI=1S/C24H12BrCl5N2O4/c1-36-13-7-2-9(25)8-12(13)20-21(24(35)31(20)11-5-3-10(26)4-6-11)32-22(33)14-15(23(32)34)17(28)19(30)18(29)16(14)27/h2-8,20-21H,1H3. The Labute approximate surface area is 238 Å². The van der Waals surface area contributed by atoms with Crippen molar-refractivity contribution in [1.29, 1.82) is 0 Å². The Hall–Kier alpha value is -2.00. The maximum Gasteiger partial charge on any atom is 0.264 e. The zero-order valence-corrected chi connectivity index (χ0v) is 23.4. The van der Waals surface area contributed by atoms with Gasteiger partial charge in [0.2, 0.25) is 0 Å². The number of anilines is 1. The Morgan fingerprint density at radius 1 is 0.750 bits per heavy atom. The van der Waals surface area contributed by atoms with Gasteiger partial charge in [-0.25, -0.2) is 0 Å². The van der Waals surface area contributed by atoms with Gasteiger partial charge in [0.1, 0.15) is 11.8 Å². The molecule has 184 valence electrons. The van der Waals surface area contributed by atoms with E-state index >= 15 is 0 Å². The first-order valence-electron chi connectivity index (χ1n) is 10.2. The predicted molar refractivity (Wildman–Crippen MR) is 143 cm³/mol. The smallest absolute Gasteiger partial charge is 0.264 e. The van der Waals surface area contributed by atoms with Crippen molar-refractivity contribution in [3.63, 3.8) is 0 Å². The molecular formula is C24H12BrCl5N2O4. The number of hydrogen-bond donors (Lipinski definition) is 0. The normalized spacial score (nSPS) is 19.0. The third-order valence-electron chi connectivity index (χ3n) is 6.09. The topological polar surface area (TPSA) is 66.9 Å². The molecule has 6 nitrogen and oxygen atoms in total. The molecule has 0 spiro atoms. The van der Waals surface area contributed by atoms with Crippen LogP contribution in [0.5, 0.6) is 5.75 Å². The Morgan fingerprint density at radius 3 is 1.83 bits per heavy atom. The van der Waals surface area contributed by atoms with Gasteiger partial charge in [-0.15, -0.1) is 0 Å². The SMILES string of the molecule is COc1ccc(Br)cc1C1C(N2C(=O)c3c(Cl)c(Cl)c(Cl)c(Cl)c3C2=O)C(=O)N1c1ccc(Cl)cc1. The number of hydrogen-bond acceptors (Lipinski definition) is 4. The fourth-order valence-corrected chi connectivity index (χ4v) is 6.00. The van der Waals surface area contributed by atoms with E-state index in [4.69, 9.17) is 62.7 Å². The Balaban J connectivity index is 1.67. The molecule has 3 aromatic carbocycles. The molecule has 2 aliphatic heterocycles. The molecule has 2 atom stereocenters. The van der Waals surface area contributed by atoms with Crippen molar-refractivity contribution in [3.8, 4) is 5.75 Å². The van der Waals surface area contributed by atoms with E-state index in [9.17, 15) is 14.4 Å². The second-order valence-electron chi connectivity index (χ2n) is 7.95. The van der Waals surface area contributed by atoms with Gasteiger partial charge in [0.05, 0.1) is 44.4 Å². The summed E-state index contributed by atoms with van der Waals surface area (Å²) >= 11 is 34.4. The second kappa shape index (κ2) is 9.39. The maximum atomic E-state index is 13.6. The van der Waals surface area contributed by atoms with Gasteiger partial charge in [-0.1, -0.05) is 73.9 Å². The first kappa shape index (κ1) is 25.6. The quantitative estimate of drug-likeness (QED) is 0.127. The van der Waals surface area contributed by atoms with Crippen LogP contribution in [0.3, 0.4) is 0 Å². The number of halogens is 6. The van der Waals surface area contributed by atoms with E-state index in [0.29, 0.717) is 26.5 Å². The highest BCUT2D eigenvalue weighted by Crippen LogP contribution is 2.50. The van der Waals surface area contributed by atoms with Crippen molar-refractivity contribution >= 4 is 97.3 Å². The number of rotatable bonds is 4. The van der Waals surface area contributed by atoms with Gasteiger partial charge in [-0.05, 0) is 42.5 Å². The lowest BCUT2D eigenvalue weighted by atomic mass is 9.85. The molecule has 0 saturated carbocycles. The predicted octanol–water partition coefficient (Wildman–Crippen LogP) is 7.48. The fraction of sp³-hybridized carbons (Fsp3) is 0.125. The van der Waals surface area contributed by atoms with E-state index in [1.807, 2.05) is 0 Å². The number of ether oxygens (including phenoxy) is 1. The maximum absolute atomic E-state index is 13.6. The summed E-state index contributed by atoms with van der Waals surface area (Å²) in [6, 6.07) is 9.85. The Morgan fingerprint density at radius 2 is 1.31 bits per heavy atom. The van der Waals surface area contributed by atoms with Crippen molar-refractivity contribution < 1.29 is 19.1 Å². The largest absolute Gasteiger partial charge is 0.496 e. The van der Waals surface area contributed by atoms with Crippen LogP contribution in [0.1, 0.15) is 32.3 Å². The molecule has 1 fully saturated rings. The fourth-order valence-electron chi connectivity index (χ4n) is 4.48. The summed E-state index contributed by atoms with van der Waals surface area (Å²) in [5.41, 5.74) is 0.695. The molecule has 36 heavy (non-hydrogen) atoms. The molecule has 0 radical (unpaired) electrons. The van der Waals surface area contributed by atoms with Gasteiger partial charge in [0, 0.05) is 20.7 Å². The number of amides is 3. The average Bonchev–Trinajstić information content (AvgIpc) is 3.11. The number of benzene rings is 3. The number of carbonyl (C=O) groups excluding carboxylic acids is 3. The molecule has 2 heterocycles. The summed E-state index contributed by atoms with van der Waals surface area (Å²) in [5, 5.41) is -0.242. The average molecular weight is 650 g/mol. The van der Waals surface area contributed by atoms with E-state index in [1.165, 1.54) is 12.0 Å². The molecule has 5 rings (SSSR count). The molecule has 3 aromatic rings. The monoisotopic (exact) mass is 646 g/mol. The highest BCUT2D eigenvalue weighted by atomic mass is 79.9. The molecule has 2 aliphatic rings. The minimum atomic E-state index is -1.22. The Bertz CT molecular complexity index is 1430. The number of imide groups is 1. The molecule has 2 unspecified atom stereocenters. The first-order chi connectivity index (χ1) is 17.1. The van der Waals surface area contributed by atoms with Crippen LogP contribution in [-0.2, 0) is 4.79 Å². The van der Waals surface area contributed by atoms with Crippen LogP contribution >= 0.6 is 73.9 Å². The van der Waals surface area contributed by atoms with Crippen LogP contribution in [0.25, 0.3) is 0 Å². The van der Waals surface area contributed by atoms with E-state index in [0.717, 1.165) is 4.90 Å². The minimum Gasteiger partial charge on any atom is -0.496 e. The third-order valence-corrected chi connectivity index (χ3v) is 8.64. The molecule has 1 saturated heterocycles. The molecular weight excluding hydrogens is 637 g/mol. The van der Waals surface area contributed by atoms with Crippen molar-refractivity contribution in [3.05, 3.63) is 88.7 Å². The lowest BCUT2D eigenvalue weighted by Crippen LogP contribution is -2.67. The molecule has 0 aliphatic carbocycles. The highest BCUT2D eigenvalue weighted by molar-refractivity contribution is 9.10. The second-order valence-corrected chi connectivity index (χ2v) is 10.8. The summed E-state index contributed by atoms with van der Waals surface area (Å²) in [6.45, 7) is 0. The summed E-state index contributed by atoms with van der Waals surface area (Å²) < 4.78 is 6.25. The molecule has 0 bridgehead atoms. The lowest BCUT2D eigenvalue weighted by Gasteiger charge is -2.50. The molecule has 0 aromatic heterocycles. The lowest BCUT2D eigenvalue weighted by molar-refractivity contribution is -0.130. The zero-order chi connectivity index (χ0) is 26.0. The first-order valence-corrected chi connectivity index (χ1v) is 12.9. The number of nitrogens with zero attached hydrogens (tertiary/aromatic N) is 2. The minimum absolute atomic E-state index is 0.155. The van der Waals surface area contributed by atoms with Crippen molar-refractivity contribution in [2.45, 2.75) is 12.1 Å². The molecule has 3 amide bonds. The van der Waals surface area contributed by atoms with Gasteiger partial charge in [-0.2, -0.15) is 0 Å². The summed E-state index contributed by atoms with van der Waals surface area (Å²) in [5.74, 6) is -1.64. The summed E-state index contributed by atoms with van der Waals surface area (Å²) in [6.07, 6.45) is 0. The van der Waals surface area contributed by atoms with Gasteiger partial charge < -0.3 is 9.64 Å². The van der Waals surface area contributed by atoms with Crippen molar-refractivity contribution in [1.82, 2.24) is 4.90 Å². The molecule has 0 N–H and O–H groups in total. The van der Waals surface area contributed by atoms with E-state index in [2.05, 4.69) is 15.9 Å². The number of fused-ring (bicyclic) bond motifs is 1. The van der Waals surface area contributed by atoms with E-state index in [1.54, 1.807) is 42.5 Å². The third kappa shape index (κ3) is 3.71. The highest BCUT2D eigenvalue weighted by Gasteiger charge is 2.59.